The topological polar surface area (TPSA) is 117 Å². The van der Waals surface area contributed by atoms with Gasteiger partial charge >= 0.3 is 6.03 Å². The number of urea groups is 1. The zero-order valence-electron chi connectivity index (χ0n) is 17.5. The monoisotopic (exact) mass is 445 g/mol. The van der Waals surface area contributed by atoms with Crippen LogP contribution in [-0.4, -0.2) is 48.7 Å². The molecule has 0 bridgehead atoms. The van der Waals surface area contributed by atoms with Crippen LogP contribution in [-0.2, 0) is 11.2 Å². The van der Waals surface area contributed by atoms with E-state index >= 15 is 0 Å². The van der Waals surface area contributed by atoms with Gasteiger partial charge in [0.05, 0.1) is 12.8 Å². The Kier molecular flexibility index (Phi) is 7.27. The Balaban J connectivity index is 1.86. The number of nitrogens with zero attached hydrogens (tertiary/aromatic N) is 4. The Bertz CT molecular complexity index is 1060. The highest BCUT2D eigenvalue weighted by molar-refractivity contribution is 6.01. The van der Waals surface area contributed by atoms with Crippen LogP contribution in [0.2, 0.25) is 0 Å². The summed E-state index contributed by atoms with van der Waals surface area (Å²) in [7, 11) is 1.52. The first-order valence-electron chi connectivity index (χ1n) is 9.79. The average Bonchev–Trinajstić information content (AvgIpc) is 2.77. The third-order valence-electron chi connectivity index (χ3n) is 4.77. The van der Waals surface area contributed by atoms with Gasteiger partial charge in [0.2, 0.25) is 0 Å². The molecule has 3 rings (SSSR count). The summed E-state index contributed by atoms with van der Waals surface area (Å²) < 4.78 is 37.2. The number of anilines is 2. The number of carbonyl (C=O) groups excluding carboxylic acids is 2. The van der Waals surface area contributed by atoms with Crippen molar-refractivity contribution < 1.29 is 27.8 Å². The summed E-state index contributed by atoms with van der Waals surface area (Å²) in [5.74, 6) is 0.504. The van der Waals surface area contributed by atoms with Crippen molar-refractivity contribution in [3.63, 3.8) is 0 Å². The fourth-order valence-electron chi connectivity index (χ4n) is 3.34. The highest BCUT2D eigenvalue weighted by Gasteiger charge is 2.28. The van der Waals surface area contributed by atoms with Crippen LogP contribution in [0.15, 0.2) is 18.3 Å². The van der Waals surface area contributed by atoms with E-state index in [0.717, 1.165) is 0 Å². The predicted octanol–water partition coefficient (Wildman–Crippen LogP) is 3.50. The number of fused-ring (bicyclic) bond motifs is 1. The lowest BCUT2D eigenvalue weighted by molar-refractivity contribution is 0.0919. The first kappa shape index (κ1) is 23.0. The smallest absolute Gasteiger partial charge is 0.328 e. The molecule has 0 saturated heterocycles. The molecule has 1 aliphatic rings. The zero-order valence-corrected chi connectivity index (χ0v) is 17.5. The maximum Gasteiger partial charge on any atom is 0.328 e. The lowest BCUT2D eigenvalue weighted by atomic mass is 10.0. The number of aromatic nitrogens is 2. The van der Waals surface area contributed by atoms with Crippen LogP contribution < -0.4 is 15.0 Å². The molecule has 9 nitrogen and oxygen atoms in total. The summed E-state index contributed by atoms with van der Waals surface area (Å²) in [6, 6.07) is 4.00. The van der Waals surface area contributed by atoms with Gasteiger partial charge in [-0.1, -0.05) is 0 Å². The van der Waals surface area contributed by atoms with E-state index < -0.39 is 23.7 Å². The molecule has 0 aliphatic carbocycles. The number of amides is 2. The quantitative estimate of drug-likeness (QED) is 0.648. The second kappa shape index (κ2) is 10.1. The number of hydrogen-bond acceptors (Lipinski definition) is 7. The number of halogens is 2. The minimum atomic E-state index is -2.85. The number of nitriles is 1. The first-order chi connectivity index (χ1) is 15.4. The Morgan fingerprint density at radius 2 is 2.22 bits per heavy atom. The number of pyridine rings is 2. The third kappa shape index (κ3) is 4.97. The van der Waals surface area contributed by atoms with Crippen molar-refractivity contribution >= 4 is 24.0 Å². The molecular formula is C21H21F2N5O4. The van der Waals surface area contributed by atoms with Crippen molar-refractivity contribution in [1.82, 2.24) is 9.97 Å². The van der Waals surface area contributed by atoms with Crippen molar-refractivity contribution in [2.45, 2.75) is 32.3 Å². The average molecular weight is 445 g/mol. The van der Waals surface area contributed by atoms with Gasteiger partial charge in [0, 0.05) is 25.3 Å². The Morgan fingerprint density at radius 3 is 2.88 bits per heavy atom. The highest BCUT2D eigenvalue weighted by atomic mass is 19.3. The van der Waals surface area contributed by atoms with Gasteiger partial charge in [-0.05, 0) is 31.4 Å². The van der Waals surface area contributed by atoms with E-state index in [0.29, 0.717) is 25.0 Å². The maximum absolute atomic E-state index is 13.2. The molecule has 2 aromatic rings. The predicted molar refractivity (Wildman–Crippen MR) is 110 cm³/mol. The number of nitrogens with one attached hydrogen (secondary N) is 1. The number of methoxy groups -OCH3 is 1. The molecule has 1 atom stereocenters. The van der Waals surface area contributed by atoms with Crippen molar-refractivity contribution in [2.75, 3.05) is 30.5 Å². The van der Waals surface area contributed by atoms with E-state index in [4.69, 9.17) is 9.47 Å². The molecule has 1 aliphatic heterocycles. The third-order valence-corrected chi connectivity index (χ3v) is 4.77. The molecule has 1 unspecified atom stereocenters. The fourth-order valence-corrected chi connectivity index (χ4v) is 3.34. The summed E-state index contributed by atoms with van der Waals surface area (Å²) in [4.78, 5) is 33.5. The van der Waals surface area contributed by atoms with E-state index in [1.807, 2.05) is 6.07 Å². The number of rotatable bonds is 7. The van der Waals surface area contributed by atoms with Crippen molar-refractivity contribution in [1.29, 1.82) is 5.26 Å². The van der Waals surface area contributed by atoms with E-state index in [-0.39, 0.29) is 41.9 Å². The van der Waals surface area contributed by atoms with Crippen molar-refractivity contribution in [3.05, 3.63) is 40.7 Å². The number of alkyl halides is 2. The molecule has 0 radical (unpaired) electrons. The van der Waals surface area contributed by atoms with Gasteiger partial charge < -0.3 is 9.47 Å². The number of ether oxygens (including phenoxy) is 2. The number of aldehydes is 1. The summed E-state index contributed by atoms with van der Waals surface area (Å²) in [6.07, 6.45) is -0.684. The van der Waals surface area contributed by atoms with Crippen LogP contribution in [0.3, 0.4) is 0 Å². The van der Waals surface area contributed by atoms with Gasteiger partial charge in [0.15, 0.2) is 6.29 Å². The molecule has 2 aromatic heterocycles. The maximum atomic E-state index is 13.2. The summed E-state index contributed by atoms with van der Waals surface area (Å²) in [5, 5.41) is 11.9. The van der Waals surface area contributed by atoms with Crippen LogP contribution in [0.5, 0.6) is 5.75 Å². The largest absolute Gasteiger partial charge is 0.487 e. The van der Waals surface area contributed by atoms with Gasteiger partial charge in [-0.2, -0.15) is 5.26 Å². The number of hydrogen-bond donors (Lipinski definition) is 1. The molecule has 0 spiro atoms. The SMILES string of the molecule is COCC(C)Oc1cc(NC(=O)N2CCCc3cc(C(F)F)c(C=O)nc32)ncc1C#N. The Hall–Kier alpha value is -3.65. The van der Waals surface area contributed by atoms with Gasteiger partial charge in [-0.3, -0.25) is 15.0 Å². The molecule has 168 valence electrons. The standard InChI is InChI=1S/C21H21F2N5O4/c1-12(11-31-2)32-17-7-18(25-9-14(17)8-24)27-21(30)28-5-3-4-13-6-15(19(22)23)16(10-29)26-20(13)28/h6-7,9-10,12,19H,3-5,11H2,1-2H3,(H,25,27,30). The van der Waals surface area contributed by atoms with Gasteiger partial charge in [0.1, 0.15) is 40.8 Å². The minimum Gasteiger partial charge on any atom is -0.487 e. The van der Waals surface area contributed by atoms with E-state index in [9.17, 15) is 23.6 Å². The van der Waals surface area contributed by atoms with E-state index in [2.05, 4.69) is 15.3 Å². The molecule has 2 amide bonds. The summed E-state index contributed by atoms with van der Waals surface area (Å²) in [6.45, 7) is 2.34. The zero-order chi connectivity index (χ0) is 23.3. The van der Waals surface area contributed by atoms with Crippen LogP contribution >= 0.6 is 0 Å². The highest BCUT2D eigenvalue weighted by Crippen LogP contribution is 2.31. The Labute approximate surface area is 183 Å². The van der Waals surface area contributed by atoms with Gasteiger partial charge in [-0.25, -0.2) is 23.5 Å². The second-order valence-electron chi connectivity index (χ2n) is 7.11. The second-order valence-corrected chi connectivity index (χ2v) is 7.11. The molecule has 0 aromatic carbocycles. The fraction of sp³-hybridized carbons (Fsp3) is 0.381. The number of aryl methyl sites for hydroxylation is 1. The van der Waals surface area contributed by atoms with E-state index in [1.54, 1.807) is 6.92 Å². The Morgan fingerprint density at radius 1 is 1.44 bits per heavy atom. The van der Waals surface area contributed by atoms with Crippen molar-refractivity contribution in [2.24, 2.45) is 0 Å². The normalized spacial score (nSPS) is 13.8. The van der Waals surface area contributed by atoms with Crippen LogP contribution in [0.4, 0.5) is 25.2 Å². The first-order valence-corrected chi connectivity index (χ1v) is 9.79. The molecule has 0 saturated carbocycles. The van der Waals surface area contributed by atoms with Crippen LogP contribution in [0.25, 0.3) is 0 Å². The van der Waals surface area contributed by atoms with Gasteiger partial charge in [-0.15, -0.1) is 0 Å². The van der Waals surface area contributed by atoms with Crippen LogP contribution in [0, 0.1) is 11.3 Å². The van der Waals surface area contributed by atoms with E-state index in [1.165, 1.54) is 30.3 Å². The minimum absolute atomic E-state index is 0.126. The molecule has 3 heterocycles. The summed E-state index contributed by atoms with van der Waals surface area (Å²) >= 11 is 0. The molecule has 11 heteroatoms. The van der Waals surface area contributed by atoms with Gasteiger partial charge in [0.25, 0.3) is 6.43 Å². The number of carbonyl (C=O) groups is 2. The molecule has 0 fully saturated rings. The molecule has 1 N–H and O–H groups in total. The lowest BCUT2D eigenvalue weighted by Gasteiger charge is -2.29. The molecule has 32 heavy (non-hydrogen) atoms. The molecular weight excluding hydrogens is 424 g/mol. The summed E-state index contributed by atoms with van der Waals surface area (Å²) in [5.41, 5.74) is -0.219. The lowest BCUT2D eigenvalue weighted by Crippen LogP contribution is -2.40. The van der Waals surface area contributed by atoms with Crippen molar-refractivity contribution in [3.8, 4) is 11.8 Å². The van der Waals surface area contributed by atoms with Crippen LogP contribution in [0.1, 0.15) is 46.9 Å².